The zero-order valence-electron chi connectivity index (χ0n) is 9.06. The van der Waals surface area contributed by atoms with Gasteiger partial charge in [-0.1, -0.05) is 24.3 Å². The Morgan fingerprint density at radius 2 is 1.88 bits per heavy atom. The van der Waals surface area contributed by atoms with Crippen LogP contribution in [0.25, 0.3) is 0 Å². The zero-order valence-corrected chi connectivity index (χ0v) is 9.06. The van der Waals surface area contributed by atoms with Gasteiger partial charge in [0.1, 0.15) is 17.3 Å². The highest BCUT2D eigenvalue weighted by Gasteiger charge is 2.06. The second-order valence-corrected chi connectivity index (χ2v) is 3.50. The van der Waals surface area contributed by atoms with Gasteiger partial charge in [-0.3, -0.25) is 0 Å². The highest BCUT2D eigenvalue weighted by molar-refractivity contribution is 5.39. The summed E-state index contributed by atoms with van der Waals surface area (Å²) in [6.45, 7) is 0. The summed E-state index contributed by atoms with van der Waals surface area (Å²) in [5, 5.41) is 8.68. The van der Waals surface area contributed by atoms with Crippen LogP contribution in [-0.2, 0) is 6.42 Å². The maximum Gasteiger partial charge on any atom is 0.134 e. The van der Waals surface area contributed by atoms with Crippen LogP contribution < -0.4 is 4.74 Å². The molecule has 3 heteroatoms. The third-order valence-corrected chi connectivity index (χ3v) is 2.27. The highest BCUT2D eigenvalue weighted by atomic mass is 19.1. The predicted octanol–water partition coefficient (Wildman–Crippen LogP) is 3.68. The summed E-state index contributed by atoms with van der Waals surface area (Å²) in [6, 6.07) is 15.3. The fourth-order valence-corrected chi connectivity index (χ4v) is 1.47. The molecule has 84 valence electrons. The fourth-order valence-electron chi connectivity index (χ4n) is 1.47. The summed E-state index contributed by atoms with van der Waals surface area (Å²) in [4.78, 5) is 0. The van der Waals surface area contributed by atoms with E-state index in [0.29, 0.717) is 17.1 Å². The van der Waals surface area contributed by atoms with Crippen molar-refractivity contribution in [1.82, 2.24) is 0 Å². The number of nitrogens with zero attached hydrogens (tertiary/aromatic N) is 1. The fraction of sp³-hybridized carbons (Fsp3) is 0.0714. The summed E-state index contributed by atoms with van der Waals surface area (Å²) >= 11 is 0. The lowest BCUT2D eigenvalue weighted by atomic mass is 10.1. The van der Waals surface area contributed by atoms with Crippen LogP contribution in [-0.4, -0.2) is 0 Å². The number of benzene rings is 2. The van der Waals surface area contributed by atoms with Crippen LogP contribution in [0.4, 0.5) is 4.39 Å². The van der Waals surface area contributed by atoms with E-state index in [2.05, 4.69) is 0 Å². The Bertz CT molecular complexity index is 546. The molecular weight excluding hydrogens is 217 g/mol. The third kappa shape index (κ3) is 2.82. The van der Waals surface area contributed by atoms with Crippen molar-refractivity contribution < 1.29 is 9.13 Å². The third-order valence-electron chi connectivity index (χ3n) is 2.27. The van der Waals surface area contributed by atoms with Crippen LogP contribution in [0.1, 0.15) is 5.56 Å². The number of halogens is 1. The molecule has 0 N–H and O–H groups in total. The van der Waals surface area contributed by atoms with Gasteiger partial charge >= 0.3 is 0 Å². The van der Waals surface area contributed by atoms with Gasteiger partial charge in [0.05, 0.1) is 12.5 Å². The quantitative estimate of drug-likeness (QED) is 0.801. The lowest BCUT2D eigenvalue weighted by molar-refractivity contribution is 0.472. The van der Waals surface area contributed by atoms with Gasteiger partial charge in [-0.15, -0.1) is 0 Å². The van der Waals surface area contributed by atoms with Crippen molar-refractivity contribution in [2.75, 3.05) is 0 Å². The minimum absolute atomic E-state index is 0.197. The largest absolute Gasteiger partial charge is 0.457 e. The van der Waals surface area contributed by atoms with Crippen LogP contribution >= 0.6 is 0 Å². The minimum Gasteiger partial charge on any atom is -0.457 e. The molecule has 2 rings (SSSR count). The minimum atomic E-state index is -0.377. The normalized spacial score (nSPS) is 9.65. The molecular formula is C14H10FNO. The van der Waals surface area contributed by atoms with Crippen molar-refractivity contribution >= 4 is 0 Å². The molecule has 0 spiro atoms. The van der Waals surface area contributed by atoms with Crippen molar-refractivity contribution in [3.63, 3.8) is 0 Å². The average Bonchev–Trinajstić information content (AvgIpc) is 2.34. The van der Waals surface area contributed by atoms with Gasteiger partial charge in [0.15, 0.2) is 0 Å². The summed E-state index contributed by atoms with van der Waals surface area (Å²) in [6.07, 6.45) is 0.197. The van der Waals surface area contributed by atoms with Gasteiger partial charge < -0.3 is 4.74 Å². The summed E-state index contributed by atoms with van der Waals surface area (Å²) < 4.78 is 18.7. The summed E-state index contributed by atoms with van der Waals surface area (Å²) in [5.41, 5.74) is 0.678. The van der Waals surface area contributed by atoms with E-state index in [1.807, 2.05) is 24.3 Å². The molecule has 0 unspecified atom stereocenters. The van der Waals surface area contributed by atoms with Crippen molar-refractivity contribution in [2.24, 2.45) is 0 Å². The molecule has 0 amide bonds. The average molecular weight is 227 g/mol. The van der Waals surface area contributed by atoms with Crippen LogP contribution in [0.5, 0.6) is 11.5 Å². The van der Waals surface area contributed by atoms with Crippen LogP contribution in [0.2, 0.25) is 0 Å². The van der Waals surface area contributed by atoms with E-state index in [1.165, 1.54) is 12.1 Å². The molecule has 0 fully saturated rings. The second kappa shape index (κ2) is 5.13. The van der Waals surface area contributed by atoms with Crippen molar-refractivity contribution in [2.45, 2.75) is 6.42 Å². The van der Waals surface area contributed by atoms with Crippen molar-refractivity contribution in [3.05, 3.63) is 59.9 Å². The summed E-state index contributed by atoms with van der Waals surface area (Å²) in [5.74, 6) is 0.632. The first-order valence-corrected chi connectivity index (χ1v) is 5.18. The molecule has 0 radical (unpaired) electrons. The van der Waals surface area contributed by atoms with Crippen LogP contribution in [0.3, 0.4) is 0 Å². The van der Waals surface area contributed by atoms with Gasteiger partial charge in [-0.2, -0.15) is 5.26 Å². The topological polar surface area (TPSA) is 33.0 Å². The maximum atomic E-state index is 13.1. The van der Waals surface area contributed by atoms with Gasteiger partial charge in [0.2, 0.25) is 0 Å². The maximum absolute atomic E-state index is 13.1. The Morgan fingerprint density at radius 3 is 2.59 bits per heavy atom. The van der Waals surface area contributed by atoms with E-state index >= 15 is 0 Å². The van der Waals surface area contributed by atoms with Crippen molar-refractivity contribution in [1.29, 1.82) is 5.26 Å². The Hall–Kier alpha value is -2.34. The first kappa shape index (κ1) is 11.2. The monoisotopic (exact) mass is 227 g/mol. The molecule has 0 heterocycles. The van der Waals surface area contributed by atoms with E-state index in [-0.39, 0.29) is 12.2 Å². The predicted molar refractivity (Wildman–Crippen MR) is 62.2 cm³/mol. The molecule has 17 heavy (non-hydrogen) atoms. The molecule has 0 aromatic heterocycles. The molecule has 0 saturated heterocycles. The van der Waals surface area contributed by atoms with Gasteiger partial charge in [0.25, 0.3) is 0 Å². The van der Waals surface area contributed by atoms with Gasteiger partial charge in [0, 0.05) is 11.6 Å². The van der Waals surface area contributed by atoms with E-state index in [4.69, 9.17) is 10.00 Å². The Morgan fingerprint density at radius 1 is 1.12 bits per heavy atom. The highest BCUT2D eigenvalue weighted by Crippen LogP contribution is 2.26. The Kier molecular flexibility index (Phi) is 3.37. The first-order valence-electron chi connectivity index (χ1n) is 5.18. The Balaban J connectivity index is 2.31. The number of hydrogen-bond donors (Lipinski definition) is 0. The van der Waals surface area contributed by atoms with E-state index < -0.39 is 0 Å². The summed E-state index contributed by atoms with van der Waals surface area (Å²) in [7, 11) is 0. The number of hydrogen-bond acceptors (Lipinski definition) is 2. The molecule has 2 aromatic rings. The molecule has 0 aliphatic rings. The molecule has 0 atom stereocenters. The van der Waals surface area contributed by atoms with E-state index in [9.17, 15) is 4.39 Å². The Labute approximate surface area is 98.9 Å². The molecule has 2 aromatic carbocycles. The number of para-hydroxylation sites is 1. The molecule has 0 bridgehead atoms. The lowest BCUT2D eigenvalue weighted by Crippen LogP contribution is -1.92. The molecule has 0 saturated carbocycles. The van der Waals surface area contributed by atoms with Gasteiger partial charge in [-0.05, 0) is 18.2 Å². The van der Waals surface area contributed by atoms with Crippen molar-refractivity contribution in [3.8, 4) is 17.6 Å². The number of ether oxygens (including phenoxy) is 1. The molecule has 0 aliphatic carbocycles. The van der Waals surface area contributed by atoms with Crippen LogP contribution in [0, 0.1) is 17.1 Å². The number of rotatable bonds is 3. The van der Waals surface area contributed by atoms with E-state index in [1.54, 1.807) is 18.2 Å². The standard InChI is InChI=1S/C14H10FNO/c15-12-7-6-11(8-9-16)14(10-12)17-13-4-2-1-3-5-13/h1-7,10H,8H2. The second-order valence-electron chi connectivity index (χ2n) is 3.50. The molecule has 0 aliphatic heterocycles. The first-order chi connectivity index (χ1) is 8.29. The molecule has 2 nitrogen and oxygen atoms in total. The number of nitriles is 1. The van der Waals surface area contributed by atoms with E-state index in [0.717, 1.165) is 0 Å². The van der Waals surface area contributed by atoms with Gasteiger partial charge in [-0.25, -0.2) is 4.39 Å². The SMILES string of the molecule is N#CCc1ccc(F)cc1Oc1ccccc1. The van der Waals surface area contributed by atoms with Crippen LogP contribution in [0.15, 0.2) is 48.5 Å². The zero-order chi connectivity index (χ0) is 12.1. The smallest absolute Gasteiger partial charge is 0.134 e. The lowest BCUT2D eigenvalue weighted by Gasteiger charge is -2.09.